The number of aromatic nitrogens is 3. The van der Waals surface area contributed by atoms with Gasteiger partial charge in [-0.1, -0.05) is 346 Å². The number of nitrogens with zero attached hydrogens (tertiary/aromatic N) is 6. The first-order valence-corrected chi connectivity index (χ1v) is 42.3. The highest BCUT2D eigenvalue weighted by atomic mass is 14.7. The van der Waals surface area contributed by atoms with Gasteiger partial charge in [0.1, 0.15) is 0 Å². The molecule has 0 aliphatic rings. The van der Waals surface area contributed by atoms with Crippen molar-refractivity contribution in [2.45, 2.75) is 0 Å². The molecule has 21 aromatic carbocycles. The first-order chi connectivity index (χ1) is 62.3. The van der Waals surface area contributed by atoms with Crippen molar-refractivity contribution in [3.63, 3.8) is 0 Å². The van der Waals surface area contributed by atoms with E-state index in [0.717, 1.165) is 166 Å². The highest BCUT2D eigenvalue weighted by Crippen LogP contribution is 2.47. The fraction of sp³-hybridized carbons (Fsp3) is 0. The second-order valence-electron chi connectivity index (χ2n) is 32.1. The minimum Gasteiger partial charge on any atom is -0.247 e. The van der Waals surface area contributed by atoms with Crippen LogP contribution >= 0.6 is 0 Å². The summed E-state index contributed by atoms with van der Waals surface area (Å²) in [6.45, 7) is 15.4. The number of fused-ring (bicyclic) bond motifs is 15. The van der Waals surface area contributed by atoms with Crippen LogP contribution in [0.2, 0.25) is 0 Å². The van der Waals surface area contributed by atoms with Crippen molar-refractivity contribution in [3.8, 4) is 107 Å². The number of benzene rings is 21. The molecule has 0 N–H and O–H groups in total. The normalized spacial score (nSPS) is 11.3. The molecule has 6 nitrogen and oxygen atoms in total. The summed E-state index contributed by atoms with van der Waals surface area (Å²) in [5, 5.41) is 33.8. The van der Waals surface area contributed by atoms with Crippen LogP contribution in [0.1, 0.15) is 5.56 Å². The van der Waals surface area contributed by atoms with Gasteiger partial charge in [-0.2, -0.15) is 5.26 Å². The lowest BCUT2D eigenvalue weighted by atomic mass is 9.90. The number of hydrogen-bond donors (Lipinski definition) is 0. The zero-order chi connectivity index (χ0) is 84.1. The van der Waals surface area contributed by atoms with Crippen molar-refractivity contribution in [1.82, 2.24) is 15.0 Å². The predicted octanol–water partition coefficient (Wildman–Crippen LogP) is 33.1. The maximum absolute atomic E-state index is 9.37. The van der Waals surface area contributed by atoms with E-state index in [0.29, 0.717) is 16.9 Å². The van der Waals surface area contributed by atoms with Crippen LogP contribution in [0.25, 0.3) is 240 Å². The molecule has 0 unspecified atom stereocenters. The van der Waals surface area contributed by atoms with E-state index >= 15 is 0 Å². The van der Waals surface area contributed by atoms with Gasteiger partial charge in [-0.3, -0.25) is 0 Å². The Labute approximate surface area is 728 Å². The van der Waals surface area contributed by atoms with Crippen LogP contribution in [0.4, 0.5) is 11.4 Å². The van der Waals surface area contributed by atoms with Gasteiger partial charge in [0.2, 0.25) is 0 Å². The molecule has 0 radical (unpaired) electrons. The molecule has 0 atom stereocenters. The van der Waals surface area contributed by atoms with Gasteiger partial charge < -0.3 is 0 Å². The van der Waals surface area contributed by atoms with Crippen LogP contribution < -0.4 is 0 Å². The molecule has 582 valence electrons. The Balaban J connectivity index is 0.000000112. The molecule has 0 saturated heterocycles. The Morgan fingerprint density at radius 1 is 0.190 bits per heavy atom. The smallest absolute Gasteiger partial charge is 0.194 e. The molecule has 0 bridgehead atoms. The molecule has 3 heterocycles. The molecule has 24 rings (SSSR count). The van der Waals surface area contributed by atoms with E-state index < -0.39 is 0 Å². The quantitative estimate of drug-likeness (QED) is 0.107. The minimum atomic E-state index is 0.635. The Bertz CT molecular complexity index is 8720. The maximum atomic E-state index is 9.37. The first kappa shape index (κ1) is 74.9. The molecule has 24 aromatic rings. The second kappa shape index (κ2) is 32.0. The summed E-state index contributed by atoms with van der Waals surface area (Å²) in [5.41, 5.74) is 24.2. The molecular weight excluding hydrogens is 1530 g/mol. The standard InChI is InChI=1S/3C40H24N2/c1-41-38-17-9-8-15-33(38)36-24-37-35(30-20-18-26-10-2-4-12-28(26)22-30)25-39(42-40(37)34-16-7-6-14-32(34)36)31-21-19-27-11-3-5-13-29(27)23-31;1-41-33-14-8-13-30(23-33)36-24-38-37(31-19-17-26-9-2-4-11-28(26)21-31)25-39(42-40(38)35-16-7-6-15-34(35)36)32-20-18-27-10-3-5-12-29(27)22-32;41-25-26-13-15-29(16-14-26)36-23-38-37(32-19-17-27-7-1-3-9-30(27)21-32)24-39(42-40(38)35-12-6-5-11-34(35)36)33-20-18-28-8-2-4-10-31(28)22-33/h2*2-25H;1-24H. The largest absolute Gasteiger partial charge is 0.247 e. The third kappa shape index (κ3) is 13.9. The zero-order valence-electron chi connectivity index (χ0n) is 68.3. The van der Waals surface area contributed by atoms with Crippen molar-refractivity contribution >= 4 is 141 Å². The van der Waals surface area contributed by atoms with Gasteiger partial charge in [0.05, 0.1) is 58.4 Å². The lowest BCUT2D eigenvalue weighted by Crippen LogP contribution is -1.93. The highest BCUT2D eigenvalue weighted by molar-refractivity contribution is 6.20. The fourth-order valence-electron chi connectivity index (χ4n) is 18.4. The molecular formula is C120H72N6. The Kier molecular flexibility index (Phi) is 19.0. The topological polar surface area (TPSA) is 71.2 Å². The monoisotopic (exact) mass is 1600 g/mol. The van der Waals surface area contributed by atoms with Crippen molar-refractivity contribution in [1.29, 1.82) is 5.26 Å². The molecule has 0 aliphatic carbocycles. The average molecular weight is 1600 g/mol. The third-order valence-corrected chi connectivity index (χ3v) is 24.7. The molecule has 6 heteroatoms. The average Bonchev–Trinajstić information content (AvgIpc) is 0.751. The van der Waals surface area contributed by atoms with Crippen LogP contribution in [0.3, 0.4) is 0 Å². The van der Waals surface area contributed by atoms with Crippen LogP contribution in [0.15, 0.2) is 437 Å². The maximum Gasteiger partial charge on any atom is 0.194 e. The second-order valence-corrected chi connectivity index (χ2v) is 32.1. The Morgan fingerprint density at radius 3 is 0.825 bits per heavy atom. The van der Waals surface area contributed by atoms with Gasteiger partial charge in [-0.15, -0.1) is 0 Å². The zero-order valence-corrected chi connectivity index (χ0v) is 68.3. The van der Waals surface area contributed by atoms with Crippen molar-refractivity contribution in [2.75, 3.05) is 0 Å². The summed E-state index contributed by atoms with van der Waals surface area (Å²) in [7, 11) is 0. The summed E-state index contributed by atoms with van der Waals surface area (Å²) in [4.78, 5) is 23.6. The van der Waals surface area contributed by atoms with Crippen LogP contribution in [0.5, 0.6) is 0 Å². The first-order valence-electron chi connectivity index (χ1n) is 42.3. The number of pyridine rings is 3. The Morgan fingerprint density at radius 2 is 0.468 bits per heavy atom. The number of rotatable bonds is 9. The summed E-state index contributed by atoms with van der Waals surface area (Å²) in [6, 6.07) is 156. The van der Waals surface area contributed by atoms with Crippen LogP contribution in [-0.2, 0) is 0 Å². The molecule has 0 spiro atoms. The van der Waals surface area contributed by atoms with Gasteiger partial charge in [-0.25, -0.2) is 24.6 Å². The highest BCUT2D eigenvalue weighted by Gasteiger charge is 2.23. The van der Waals surface area contributed by atoms with Crippen molar-refractivity contribution < 1.29 is 0 Å². The molecule has 3 aromatic heterocycles. The van der Waals surface area contributed by atoms with E-state index in [1.807, 2.05) is 66.7 Å². The third-order valence-electron chi connectivity index (χ3n) is 24.7. The van der Waals surface area contributed by atoms with E-state index in [-0.39, 0.29) is 0 Å². The van der Waals surface area contributed by atoms with E-state index in [2.05, 4.69) is 386 Å². The van der Waals surface area contributed by atoms with Gasteiger partial charge in [0, 0.05) is 49.0 Å². The minimum absolute atomic E-state index is 0.635. The summed E-state index contributed by atoms with van der Waals surface area (Å²) in [6.07, 6.45) is 0. The lowest BCUT2D eigenvalue weighted by molar-refractivity contribution is 1.41. The summed E-state index contributed by atoms with van der Waals surface area (Å²) >= 11 is 0. The predicted molar refractivity (Wildman–Crippen MR) is 529 cm³/mol. The number of nitriles is 1. The van der Waals surface area contributed by atoms with Gasteiger partial charge in [0.25, 0.3) is 0 Å². The molecule has 0 aliphatic heterocycles. The Hall–Kier alpha value is -17.3. The van der Waals surface area contributed by atoms with Gasteiger partial charge in [-0.05, 0) is 239 Å². The van der Waals surface area contributed by atoms with Gasteiger partial charge >= 0.3 is 0 Å². The van der Waals surface area contributed by atoms with Crippen molar-refractivity contribution in [3.05, 3.63) is 465 Å². The summed E-state index contributed by atoms with van der Waals surface area (Å²) < 4.78 is 0. The van der Waals surface area contributed by atoms with Crippen molar-refractivity contribution in [2.24, 2.45) is 0 Å². The van der Waals surface area contributed by atoms with Crippen LogP contribution in [0, 0.1) is 24.5 Å². The molecule has 0 amide bonds. The molecule has 126 heavy (non-hydrogen) atoms. The SMILES string of the molecule is N#Cc1ccc(-c2cc3c(-c4ccc5ccccc5c4)cc(-c4ccc5ccccc5c4)nc3c3ccccc23)cc1.[C-]#[N+]c1cccc(-c2cc3c(-c4ccc5ccccc5c4)cc(-c4ccc5ccccc5c4)nc3c3ccccc23)c1.[C-]#[N+]c1ccccc1-c1cc2c(-c3ccc4ccccc4c3)cc(-c3ccc4ccccc4c3)nc2c2ccccc12. The number of para-hydroxylation sites is 1. The summed E-state index contributed by atoms with van der Waals surface area (Å²) in [5.74, 6) is 0. The van der Waals surface area contributed by atoms with E-state index in [4.69, 9.17) is 28.1 Å². The van der Waals surface area contributed by atoms with E-state index in [1.165, 1.54) is 64.6 Å². The lowest BCUT2D eigenvalue weighted by Gasteiger charge is -2.17. The number of hydrogen-bond acceptors (Lipinski definition) is 4. The van der Waals surface area contributed by atoms with Gasteiger partial charge in [0.15, 0.2) is 11.4 Å². The molecule has 0 fully saturated rings. The van der Waals surface area contributed by atoms with Crippen LogP contribution in [-0.4, -0.2) is 15.0 Å². The molecule has 0 saturated carbocycles. The van der Waals surface area contributed by atoms with E-state index in [9.17, 15) is 5.26 Å². The van der Waals surface area contributed by atoms with E-state index in [1.54, 1.807) is 0 Å². The fourth-order valence-corrected chi connectivity index (χ4v) is 18.4.